The standard InChI is InChI=1S/C12H17N5O2/c1-3-4-5-15-11-10(12(18)19)6-9(7-13)8(2)17(11)16-14/h6,15-16H,2-5,14H2,1H3,(H,18,19). The highest BCUT2D eigenvalue weighted by atomic mass is 16.4. The van der Waals surface area contributed by atoms with E-state index in [1.807, 2.05) is 13.0 Å². The van der Waals surface area contributed by atoms with Crippen molar-refractivity contribution in [2.45, 2.75) is 19.8 Å². The first-order chi connectivity index (χ1) is 9.06. The largest absolute Gasteiger partial charge is 0.478 e. The maximum atomic E-state index is 11.3. The molecule has 7 heteroatoms. The number of hydrogen-bond donors (Lipinski definition) is 4. The molecule has 0 radical (unpaired) electrons. The molecule has 0 aromatic heterocycles. The lowest BCUT2D eigenvalue weighted by atomic mass is 10.1. The lowest BCUT2D eigenvalue weighted by Gasteiger charge is -2.31. The smallest absolute Gasteiger partial charge is 0.339 e. The molecule has 1 aliphatic heterocycles. The van der Waals surface area contributed by atoms with Crippen molar-refractivity contribution in [3.8, 4) is 6.07 Å². The number of hydrogen-bond acceptors (Lipinski definition) is 6. The summed E-state index contributed by atoms with van der Waals surface area (Å²) in [5.41, 5.74) is 2.76. The van der Waals surface area contributed by atoms with E-state index in [0.29, 0.717) is 12.2 Å². The molecule has 0 fully saturated rings. The lowest BCUT2D eigenvalue weighted by Crippen LogP contribution is -2.48. The number of nitrogens with two attached hydrogens (primary N) is 1. The highest BCUT2D eigenvalue weighted by molar-refractivity contribution is 5.92. The molecule has 19 heavy (non-hydrogen) atoms. The van der Waals surface area contributed by atoms with E-state index in [1.54, 1.807) is 0 Å². The minimum atomic E-state index is -1.14. The Bertz CT molecular complexity index is 487. The number of aliphatic carboxylic acids is 1. The molecule has 0 amide bonds. The van der Waals surface area contributed by atoms with Crippen molar-refractivity contribution in [3.05, 3.63) is 35.3 Å². The summed E-state index contributed by atoms with van der Waals surface area (Å²) in [5.74, 6) is 4.52. The molecule has 0 bridgehead atoms. The molecule has 0 unspecified atom stereocenters. The van der Waals surface area contributed by atoms with Gasteiger partial charge < -0.3 is 10.4 Å². The lowest BCUT2D eigenvalue weighted by molar-refractivity contribution is -0.132. The zero-order valence-electron chi connectivity index (χ0n) is 10.7. The van der Waals surface area contributed by atoms with Crippen molar-refractivity contribution in [3.63, 3.8) is 0 Å². The van der Waals surface area contributed by atoms with Crippen molar-refractivity contribution in [1.82, 2.24) is 15.9 Å². The highest BCUT2D eigenvalue weighted by Crippen LogP contribution is 2.24. The minimum Gasteiger partial charge on any atom is -0.478 e. The van der Waals surface area contributed by atoms with Crippen LogP contribution in [0, 0.1) is 11.3 Å². The number of rotatable bonds is 6. The quantitative estimate of drug-likeness (QED) is 0.310. The number of hydrazine groups is 2. The molecular weight excluding hydrogens is 246 g/mol. The summed E-state index contributed by atoms with van der Waals surface area (Å²) in [6.07, 6.45) is 3.14. The minimum absolute atomic E-state index is 0.0296. The van der Waals surface area contributed by atoms with E-state index < -0.39 is 5.97 Å². The van der Waals surface area contributed by atoms with Crippen LogP contribution < -0.4 is 16.7 Å². The van der Waals surface area contributed by atoms with Gasteiger partial charge in [-0.1, -0.05) is 19.9 Å². The molecule has 0 saturated heterocycles. The van der Waals surface area contributed by atoms with E-state index >= 15 is 0 Å². The molecule has 0 spiro atoms. The fourth-order valence-corrected chi connectivity index (χ4v) is 1.63. The van der Waals surface area contributed by atoms with E-state index in [4.69, 9.17) is 11.1 Å². The van der Waals surface area contributed by atoms with Gasteiger partial charge in [-0.25, -0.2) is 9.80 Å². The second-order valence-electron chi connectivity index (χ2n) is 3.93. The van der Waals surface area contributed by atoms with Crippen LogP contribution in [0.4, 0.5) is 0 Å². The average molecular weight is 263 g/mol. The Morgan fingerprint density at radius 1 is 1.68 bits per heavy atom. The Balaban J connectivity index is 3.18. The van der Waals surface area contributed by atoms with Crippen LogP contribution in [0.1, 0.15) is 19.8 Å². The predicted octanol–water partition coefficient (Wildman–Crippen LogP) is 0.330. The third-order valence-electron chi connectivity index (χ3n) is 2.65. The number of carbonyl (C=O) groups is 1. The third-order valence-corrected chi connectivity index (χ3v) is 2.65. The molecule has 0 atom stereocenters. The van der Waals surface area contributed by atoms with Gasteiger partial charge in [0.05, 0.1) is 11.3 Å². The fourth-order valence-electron chi connectivity index (χ4n) is 1.63. The molecule has 1 aliphatic rings. The van der Waals surface area contributed by atoms with Crippen LogP contribution in [0.25, 0.3) is 0 Å². The molecule has 0 aromatic carbocycles. The van der Waals surface area contributed by atoms with Crippen LogP contribution in [-0.4, -0.2) is 22.6 Å². The van der Waals surface area contributed by atoms with Crippen LogP contribution in [0.3, 0.4) is 0 Å². The molecule has 0 saturated carbocycles. The van der Waals surface area contributed by atoms with Crippen molar-refractivity contribution >= 4 is 5.97 Å². The normalized spacial score (nSPS) is 15.1. The van der Waals surface area contributed by atoms with Crippen LogP contribution in [0.15, 0.2) is 35.3 Å². The summed E-state index contributed by atoms with van der Waals surface area (Å²) >= 11 is 0. The van der Waals surface area contributed by atoms with Gasteiger partial charge in [-0.2, -0.15) is 10.8 Å². The van der Waals surface area contributed by atoms with Gasteiger partial charge >= 0.3 is 5.97 Å². The highest BCUT2D eigenvalue weighted by Gasteiger charge is 2.27. The zero-order chi connectivity index (χ0) is 14.4. The SMILES string of the molecule is C=C1C(C#N)=CC(C(=O)O)=C(NCCCC)N1NN. The van der Waals surface area contributed by atoms with Crippen LogP contribution >= 0.6 is 0 Å². The summed E-state index contributed by atoms with van der Waals surface area (Å²) in [7, 11) is 0. The van der Waals surface area contributed by atoms with Gasteiger partial charge in [-0.3, -0.25) is 5.84 Å². The number of carboxylic acid groups (broad SMARTS) is 1. The number of allylic oxidation sites excluding steroid dienone is 1. The van der Waals surface area contributed by atoms with Crippen molar-refractivity contribution < 1.29 is 9.90 Å². The summed E-state index contributed by atoms with van der Waals surface area (Å²) in [5, 5.41) is 22.4. The summed E-state index contributed by atoms with van der Waals surface area (Å²) in [6.45, 7) is 6.35. The first-order valence-corrected chi connectivity index (χ1v) is 5.85. The summed E-state index contributed by atoms with van der Waals surface area (Å²) in [6, 6.07) is 1.89. The van der Waals surface area contributed by atoms with E-state index in [1.165, 1.54) is 11.1 Å². The van der Waals surface area contributed by atoms with Gasteiger partial charge in [0.15, 0.2) is 0 Å². The topological polar surface area (TPSA) is 114 Å². The van der Waals surface area contributed by atoms with Gasteiger partial charge in [0.2, 0.25) is 0 Å². The first kappa shape index (κ1) is 14.8. The Kier molecular flexibility index (Phi) is 5.11. The second kappa shape index (κ2) is 6.58. The second-order valence-corrected chi connectivity index (χ2v) is 3.93. The Morgan fingerprint density at radius 3 is 2.84 bits per heavy atom. The summed E-state index contributed by atoms with van der Waals surface area (Å²) < 4.78 is 0. The third kappa shape index (κ3) is 3.13. The zero-order valence-corrected chi connectivity index (χ0v) is 10.7. The van der Waals surface area contributed by atoms with Crippen LogP contribution in [0.5, 0.6) is 0 Å². The molecular formula is C12H17N5O2. The van der Waals surface area contributed by atoms with Crippen LogP contribution in [0.2, 0.25) is 0 Å². The molecule has 1 heterocycles. The maximum absolute atomic E-state index is 11.3. The van der Waals surface area contributed by atoms with Crippen molar-refractivity contribution in [1.29, 1.82) is 5.26 Å². The average Bonchev–Trinajstić information content (AvgIpc) is 2.39. The Hall–Kier alpha value is -2.30. The number of carboxylic acids is 1. The van der Waals surface area contributed by atoms with Gasteiger partial charge in [0.25, 0.3) is 0 Å². The Morgan fingerprint density at radius 2 is 2.37 bits per heavy atom. The maximum Gasteiger partial charge on any atom is 0.339 e. The first-order valence-electron chi connectivity index (χ1n) is 5.85. The van der Waals surface area contributed by atoms with Gasteiger partial charge in [0.1, 0.15) is 17.5 Å². The van der Waals surface area contributed by atoms with E-state index in [-0.39, 0.29) is 17.0 Å². The Labute approximate surface area is 111 Å². The van der Waals surface area contributed by atoms with Crippen LogP contribution in [-0.2, 0) is 4.79 Å². The molecule has 0 aromatic rings. The molecule has 0 aliphatic carbocycles. The van der Waals surface area contributed by atoms with Gasteiger partial charge in [0, 0.05) is 6.54 Å². The number of nitrogens with one attached hydrogen (secondary N) is 2. The summed E-state index contributed by atoms with van der Waals surface area (Å²) in [4.78, 5) is 11.3. The van der Waals surface area contributed by atoms with Gasteiger partial charge in [-0.15, -0.1) is 0 Å². The number of nitrogens with zero attached hydrogens (tertiary/aromatic N) is 2. The molecule has 7 nitrogen and oxygen atoms in total. The predicted molar refractivity (Wildman–Crippen MR) is 69.6 cm³/mol. The monoisotopic (exact) mass is 263 g/mol. The number of unbranched alkanes of at least 4 members (excludes halogenated alkanes) is 1. The van der Waals surface area contributed by atoms with Crippen molar-refractivity contribution in [2.24, 2.45) is 5.84 Å². The van der Waals surface area contributed by atoms with E-state index in [2.05, 4.69) is 17.4 Å². The van der Waals surface area contributed by atoms with E-state index in [0.717, 1.165) is 12.8 Å². The van der Waals surface area contributed by atoms with E-state index in [9.17, 15) is 9.90 Å². The number of nitriles is 1. The van der Waals surface area contributed by atoms with Gasteiger partial charge in [-0.05, 0) is 12.5 Å². The molecule has 1 rings (SSSR count). The molecule has 102 valence electrons. The molecule has 5 N–H and O–H groups in total. The van der Waals surface area contributed by atoms with Crippen molar-refractivity contribution in [2.75, 3.05) is 6.54 Å². The fraction of sp³-hybridized carbons (Fsp3) is 0.333.